The van der Waals surface area contributed by atoms with E-state index in [-0.39, 0.29) is 5.69 Å². The molecule has 0 unspecified atom stereocenters. The number of carbonyl (C=O) groups is 1. The van der Waals surface area contributed by atoms with Crippen LogP contribution in [0.2, 0.25) is 0 Å². The van der Waals surface area contributed by atoms with Gasteiger partial charge in [-0.1, -0.05) is 6.07 Å². The van der Waals surface area contributed by atoms with Crippen LogP contribution >= 0.6 is 11.3 Å². The molecule has 164 valence electrons. The lowest BCUT2D eigenvalue weighted by molar-refractivity contribution is -0.182. The van der Waals surface area contributed by atoms with Crippen LogP contribution < -0.4 is 5.32 Å². The Morgan fingerprint density at radius 1 is 1.27 bits per heavy atom. The normalized spacial score (nSPS) is 12.4. The minimum absolute atomic E-state index is 0.00878. The van der Waals surface area contributed by atoms with Crippen LogP contribution in [0.4, 0.5) is 18.9 Å². The highest BCUT2D eigenvalue weighted by atomic mass is 32.1. The minimum atomic E-state index is -4.55. The number of aromatic nitrogens is 1. The molecule has 5 nitrogen and oxygen atoms in total. The zero-order valence-electron chi connectivity index (χ0n) is 18.0. The molecular formula is C21H27F3N4OS. The largest absolute Gasteiger partial charge is 0.410 e. The Morgan fingerprint density at radius 3 is 2.53 bits per heavy atom. The smallest absolute Gasteiger partial charge is 0.366 e. The summed E-state index contributed by atoms with van der Waals surface area (Å²) in [4.78, 5) is 22.9. The average Bonchev–Trinajstić information content (AvgIpc) is 3.10. The summed E-state index contributed by atoms with van der Waals surface area (Å²) >= 11 is 1.25. The van der Waals surface area contributed by atoms with E-state index in [0.29, 0.717) is 11.4 Å². The third-order valence-corrected chi connectivity index (χ3v) is 5.66. The second-order valence-electron chi connectivity index (χ2n) is 7.76. The second-order valence-corrected chi connectivity index (χ2v) is 8.71. The number of aliphatic imine (C=N–C) groups is 1. The van der Waals surface area contributed by atoms with Gasteiger partial charge in [0.1, 0.15) is 11.2 Å². The molecule has 2 aromatic rings. The van der Waals surface area contributed by atoms with Crippen molar-refractivity contribution in [1.29, 1.82) is 0 Å². The first-order valence-electron chi connectivity index (χ1n) is 9.52. The van der Waals surface area contributed by atoms with E-state index in [4.69, 9.17) is 0 Å². The Kier molecular flexibility index (Phi) is 7.28. The molecule has 2 rings (SSSR count). The summed E-state index contributed by atoms with van der Waals surface area (Å²) in [5.41, 5.74) is 1.62. The van der Waals surface area contributed by atoms with Crippen LogP contribution in [0.15, 0.2) is 22.5 Å². The number of nitrogens with one attached hydrogen (secondary N) is 1. The fourth-order valence-electron chi connectivity index (χ4n) is 2.51. The van der Waals surface area contributed by atoms with Gasteiger partial charge in [0.2, 0.25) is 0 Å². The molecule has 0 bridgehead atoms. The van der Waals surface area contributed by atoms with E-state index >= 15 is 0 Å². The third-order valence-electron chi connectivity index (χ3n) is 4.81. The topological polar surface area (TPSA) is 57.6 Å². The van der Waals surface area contributed by atoms with Crippen molar-refractivity contribution >= 4 is 29.3 Å². The fraction of sp³-hybridized carbons (Fsp3) is 0.476. The first-order chi connectivity index (χ1) is 13.8. The van der Waals surface area contributed by atoms with Gasteiger partial charge in [-0.05, 0) is 57.4 Å². The van der Waals surface area contributed by atoms with Gasteiger partial charge in [0.15, 0.2) is 0 Å². The molecule has 0 aliphatic rings. The lowest BCUT2D eigenvalue weighted by Crippen LogP contribution is -2.54. The average molecular weight is 441 g/mol. The molecular weight excluding hydrogens is 413 g/mol. The number of halogens is 3. The molecule has 0 saturated carbocycles. The number of thiazole rings is 1. The highest BCUT2D eigenvalue weighted by molar-refractivity contribution is 7.09. The van der Waals surface area contributed by atoms with E-state index in [0.717, 1.165) is 42.8 Å². The Hall–Kier alpha value is -2.42. The number of hydrogen-bond acceptors (Lipinski definition) is 4. The summed E-state index contributed by atoms with van der Waals surface area (Å²) in [5, 5.41) is 4.15. The Balaban J connectivity index is 2.15. The molecule has 0 aliphatic heterocycles. The lowest BCUT2D eigenvalue weighted by atomic mass is 10.0. The summed E-state index contributed by atoms with van der Waals surface area (Å²) < 4.78 is 39.0. The van der Waals surface area contributed by atoms with Crippen LogP contribution in [0.25, 0.3) is 0 Å². The van der Waals surface area contributed by atoms with Gasteiger partial charge < -0.3 is 10.2 Å². The number of benzene rings is 1. The van der Waals surface area contributed by atoms with Gasteiger partial charge in [-0.15, -0.1) is 11.3 Å². The summed E-state index contributed by atoms with van der Waals surface area (Å²) in [7, 11) is 1.95. The number of amides is 1. The monoisotopic (exact) mass is 440 g/mol. The van der Waals surface area contributed by atoms with Crippen molar-refractivity contribution in [1.82, 2.24) is 15.2 Å². The van der Waals surface area contributed by atoms with Crippen molar-refractivity contribution < 1.29 is 18.0 Å². The second kappa shape index (κ2) is 9.16. The van der Waals surface area contributed by atoms with Crippen LogP contribution in [-0.2, 0) is 6.42 Å². The van der Waals surface area contributed by atoms with Gasteiger partial charge in [-0.2, -0.15) is 13.2 Å². The highest BCUT2D eigenvalue weighted by Crippen LogP contribution is 2.30. The maximum atomic E-state index is 13.0. The molecule has 1 aromatic carbocycles. The standard InChI is InChI=1S/C21H27F3N4OS/c1-7-28(6)12-25-16-9-13(2)15(8-14(16)3)10-18-26-17(11-30-18)19(29)27-20(4,5)21(22,23)24/h8-9,11-12H,7,10H2,1-6H3,(H,27,29)/b25-12+. The quantitative estimate of drug-likeness (QED) is 0.485. The summed E-state index contributed by atoms with van der Waals surface area (Å²) in [6, 6.07) is 4.03. The van der Waals surface area contributed by atoms with Crippen molar-refractivity contribution in [2.45, 2.75) is 52.8 Å². The molecule has 1 amide bonds. The Bertz CT molecular complexity index is 935. The maximum absolute atomic E-state index is 13.0. The van der Waals surface area contributed by atoms with Crippen molar-refractivity contribution in [2.24, 2.45) is 4.99 Å². The number of aryl methyl sites for hydroxylation is 2. The highest BCUT2D eigenvalue weighted by Gasteiger charge is 2.48. The van der Waals surface area contributed by atoms with E-state index in [1.54, 1.807) is 6.34 Å². The Labute approximate surface area is 179 Å². The van der Waals surface area contributed by atoms with Gasteiger partial charge in [0.05, 0.1) is 17.0 Å². The van der Waals surface area contributed by atoms with Gasteiger partial charge in [0, 0.05) is 25.4 Å². The molecule has 9 heteroatoms. The summed E-state index contributed by atoms with van der Waals surface area (Å²) in [6.07, 6.45) is -2.27. The van der Waals surface area contributed by atoms with Crippen LogP contribution in [-0.4, -0.2) is 47.4 Å². The number of carbonyl (C=O) groups excluding carboxylic acids is 1. The molecule has 1 aromatic heterocycles. The fourth-order valence-corrected chi connectivity index (χ4v) is 3.31. The third kappa shape index (κ3) is 5.81. The van der Waals surface area contributed by atoms with Crippen molar-refractivity contribution in [3.63, 3.8) is 0 Å². The molecule has 0 saturated heterocycles. The molecule has 0 radical (unpaired) electrons. The van der Waals surface area contributed by atoms with Crippen molar-refractivity contribution in [2.75, 3.05) is 13.6 Å². The first kappa shape index (κ1) is 23.9. The van der Waals surface area contributed by atoms with Gasteiger partial charge in [0.25, 0.3) is 5.91 Å². The van der Waals surface area contributed by atoms with E-state index in [1.807, 2.05) is 50.2 Å². The van der Waals surface area contributed by atoms with Gasteiger partial charge >= 0.3 is 6.18 Å². The minimum Gasteiger partial charge on any atom is -0.366 e. The number of alkyl halides is 3. The zero-order valence-corrected chi connectivity index (χ0v) is 18.8. The van der Waals surface area contributed by atoms with E-state index < -0.39 is 17.6 Å². The predicted molar refractivity (Wildman–Crippen MR) is 115 cm³/mol. The lowest BCUT2D eigenvalue weighted by Gasteiger charge is -2.28. The number of nitrogens with zero attached hydrogens (tertiary/aromatic N) is 3. The molecule has 1 N–H and O–H groups in total. The first-order valence-corrected chi connectivity index (χ1v) is 10.4. The molecule has 0 atom stereocenters. The van der Waals surface area contributed by atoms with Crippen molar-refractivity contribution in [3.05, 3.63) is 44.9 Å². The molecule has 0 spiro atoms. The Morgan fingerprint density at radius 2 is 1.93 bits per heavy atom. The molecule has 0 fully saturated rings. The van der Waals surface area contributed by atoms with E-state index in [9.17, 15) is 18.0 Å². The van der Waals surface area contributed by atoms with Crippen molar-refractivity contribution in [3.8, 4) is 0 Å². The molecule has 1 heterocycles. The summed E-state index contributed by atoms with van der Waals surface area (Å²) in [6.45, 7) is 8.70. The van der Waals surface area contributed by atoms with Crippen LogP contribution in [0.1, 0.15) is 53.0 Å². The number of hydrogen-bond donors (Lipinski definition) is 1. The van der Waals surface area contributed by atoms with Crippen LogP contribution in [0.5, 0.6) is 0 Å². The predicted octanol–water partition coefficient (Wildman–Crippen LogP) is 5.03. The van der Waals surface area contributed by atoms with Crippen LogP contribution in [0, 0.1) is 13.8 Å². The van der Waals surface area contributed by atoms with Gasteiger partial charge in [-0.25, -0.2) is 9.98 Å². The summed E-state index contributed by atoms with van der Waals surface area (Å²) in [5.74, 6) is -0.836. The molecule has 30 heavy (non-hydrogen) atoms. The SMILES string of the molecule is CCN(C)/C=N/c1cc(C)c(Cc2nc(C(=O)NC(C)(C)C(F)(F)F)cs2)cc1C. The maximum Gasteiger partial charge on any atom is 0.410 e. The van der Waals surface area contributed by atoms with Gasteiger partial charge in [-0.3, -0.25) is 4.79 Å². The van der Waals surface area contributed by atoms with E-state index in [2.05, 4.69) is 9.98 Å². The van der Waals surface area contributed by atoms with E-state index in [1.165, 1.54) is 16.7 Å². The number of rotatable bonds is 7. The molecule has 0 aliphatic carbocycles. The van der Waals surface area contributed by atoms with Crippen LogP contribution in [0.3, 0.4) is 0 Å². The zero-order chi connectivity index (χ0) is 22.7.